The average Bonchev–Trinajstić information content (AvgIpc) is 2.61. The molecule has 0 unspecified atom stereocenters. The summed E-state index contributed by atoms with van der Waals surface area (Å²) >= 11 is 0.841. The van der Waals surface area contributed by atoms with Crippen molar-refractivity contribution in [1.29, 1.82) is 0 Å². The first kappa shape index (κ1) is 14.0. The summed E-state index contributed by atoms with van der Waals surface area (Å²) in [5.74, 6) is -1.29. The van der Waals surface area contributed by atoms with E-state index in [0.717, 1.165) is 18.0 Å². The highest BCUT2D eigenvalue weighted by Crippen LogP contribution is 2.29. The number of sulfone groups is 1. The monoisotopic (exact) mass is 280 g/mol. The Morgan fingerprint density at radius 2 is 2.06 bits per heavy atom. The van der Waals surface area contributed by atoms with Crippen molar-refractivity contribution >= 4 is 27.6 Å². The summed E-state index contributed by atoms with van der Waals surface area (Å²) in [5, 5.41) is 15.7. The summed E-state index contributed by atoms with van der Waals surface area (Å²) < 4.78 is 26.8. The van der Waals surface area contributed by atoms with Gasteiger partial charge in [-0.2, -0.15) is 0 Å². The van der Waals surface area contributed by atoms with Crippen LogP contribution in [-0.2, 0) is 19.4 Å². The summed E-state index contributed by atoms with van der Waals surface area (Å²) in [4.78, 5) is 10.3. The fourth-order valence-corrected chi connectivity index (χ4v) is 1.68. The van der Waals surface area contributed by atoms with Gasteiger partial charge in [-0.1, -0.05) is 11.8 Å². The number of thioether (sulfide) groups is 1. The Kier molecular flexibility index (Phi) is 3.82. The minimum Gasteiger partial charge on any atom is -0.481 e. The number of carboxylic acid groups (broad SMARTS) is 1. The maximum atomic E-state index is 11.5. The lowest BCUT2D eigenvalue weighted by Crippen LogP contribution is -2.28. The molecule has 1 aromatic heterocycles. The number of hydrogen-bond donors (Lipinski definition) is 1. The van der Waals surface area contributed by atoms with Crippen LogP contribution in [-0.4, -0.2) is 41.7 Å². The molecule has 0 spiro atoms. The lowest BCUT2D eigenvalue weighted by Gasteiger charge is -2.16. The molecule has 0 aliphatic heterocycles. The molecule has 1 N–H and O–H groups in total. The fraction of sp³-hybridized carbons (Fsp3) is 0.625. The lowest BCUT2D eigenvalue weighted by atomic mass is 10.2. The number of aliphatic carboxylic acids is 1. The third-order valence-electron chi connectivity index (χ3n) is 2.17. The van der Waals surface area contributed by atoms with E-state index in [0.29, 0.717) is 0 Å². The van der Waals surface area contributed by atoms with Crippen LogP contribution in [0.3, 0.4) is 0 Å². The highest BCUT2D eigenvalue weighted by Gasteiger charge is 2.38. The Balaban J connectivity index is 2.92. The van der Waals surface area contributed by atoms with E-state index < -0.39 is 20.6 Å². The number of nitrogens with zero attached hydrogens (tertiary/aromatic N) is 2. The van der Waals surface area contributed by atoms with Crippen molar-refractivity contribution in [1.82, 2.24) is 10.2 Å². The number of aromatic nitrogens is 2. The molecule has 0 saturated heterocycles. The van der Waals surface area contributed by atoms with E-state index in [-0.39, 0.29) is 16.9 Å². The highest BCUT2D eigenvalue weighted by atomic mass is 32.2. The second kappa shape index (κ2) is 4.65. The molecule has 1 rings (SSSR count). The predicted molar refractivity (Wildman–Crippen MR) is 60.5 cm³/mol. The molecule has 7 nitrogen and oxygen atoms in total. The molecule has 0 radical (unpaired) electrons. The Hall–Kier alpha value is -1.09. The molecule has 9 heteroatoms. The molecular weight excluding hydrogens is 268 g/mol. The molecule has 96 valence electrons. The molecule has 0 bridgehead atoms. The first-order valence-electron chi connectivity index (χ1n) is 4.53. The summed E-state index contributed by atoms with van der Waals surface area (Å²) in [5.41, 5.74) is 0. The van der Waals surface area contributed by atoms with Gasteiger partial charge in [0.2, 0.25) is 5.89 Å². The van der Waals surface area contributed by atoms with Gasteiger partial charge in [0.1, 0.15) is 10.5 Å². The van der Waals surface area contributed by atoms with Gasteiger partial charge in [-0.15, -0.1) is 10.2 Å². The van der Waals surface area contributed by atoms with E-state index in [2.05, 4.69) is 10.2 Å². The van der Waals surface area contributed by atoms with Gasteiger partial charge >= 0.3 is 5.97 Å². The van der Waals surface area contributed by atoms with Crippen molar-refractivity contribution in [3.63, 3.8) is 0 Å². The van der Waals surface area contributed by atoms with Crippen LogP contribution < -0.4 is 0 Å². The van der Waals surface area contributed by atoms with E-state index in [9.17, 15) is 13.2 Å². The summed E-state index contributed by atoms with van der Waals surface area (Å²) in [6.07, 6.45) is 1.07. The SMILES string of the molecule is CC(C)(c1nnc(SCC(=O)O)o1)S(C)(=O)=O. The summed E-state index contributed by atoms with van der Waals surface area (Å²) in [6.45, 7) is 2.89. The molecule has 0 aliphatic rings. The van der Waals surface area contributed by atoms with Gasteiger partial charge < -0.3 is 9.52 Å². The zero-order valence-electron chi connectivity index (χ0n) is 9.50. The standard InChI is InChI=1S/C8H12N2O5S2/c1-8(2,17(3,13)14)6-9-10-7(15-6)16-4-5(11)12/h4H2,1-3H3,(H,11,12). The van der Waals surface area contributed by atoms with Gasteiger partial charge in [0.05, 0.1) is 0 Å². The van der Waals surface area contributed by atoms with Crippen LogP contribution in [0.4, 0.5) is 0 Å². The van der Waals surface area contributed by atoms with Crippen LogP contribution in [0.1, 0.15) is 19.7 Å². The number of carboxylic acids is 1. The van der Waals surface area contributed by atoms with Crippen molar-refractivity contribution in [3.8, 4) is 0 Å². The first-order chi connectivity index (χ1) is 7.64. The molecule has 0 aliphatic carbocycles. The summed E-state index contributed by atoms with van der Waals surface area (Å²) in [7, 11) is -3.40. The zero-order valence-corrected chi connectivity index (χ0v) is 11.1. The molecule has 17 heavy (non-hydrogen) atoms. The van der Waals surface area contributed by atoms with Crippen molar-refractivity contribution < 1.29 is 22.7 Å². The van der Waals surface area contributed by atoms with Crippen molar-refractivity contribution in [2.45, 2.75) is 23.8 Å². The quantitative estimate of drug-likeness (QED) is 0.777. The Labute approximate surface area is 103 Å². The maximum Gasteiger partial charge on any atom is 0.314 e. The van der Waals surface area contributed by atoms with E-state index in [1.54, 1.807) is 0 Å². The van der Waals surface area contributed by atoms with E-state index in [1.165, 1.54) is 13.8 Å². The average molecular weight is 280 g/mol. The third kappa shape index (κ3) is 3.19. The van der Waals surface area contributed by atoms with E-state index >= 15 is 0 Å². The lowest BCUT2D eigenvalue weighted by molar-refractivity contribution is -0.133. The summed E-state index contributed by atoms with van der Waals surface area (Å²) in [6, 6.07) is 0. The van der Waals surface area contributed by atoms with Crippen molar-refractivity contribution in [2.24, 2.45) is 0 Å². The Morgan fingerprint density at radius 1 is 1.47 bits per heavy atom. The van der Waals surface area contributed by atoms with Crippen LogP contribution in [0.15, 0.2) is 9.64 Å². The van der Waals surface area contributed by atoms with Gasteiger partial charge in [-0.05, 0) is 13.8 Å². The van der Waals surface area contributed by atoms with Crippen LogP contribution in [0, 0.1) is 0 Å². The second-order valence-corrected chi connectivity index (χ2v) is 7.33. The number of carbonyl (C=O) groups is 1. The van der Waals surface area contributed by atoms with Crippen molar-refractivity contribution in [3.05, 3.63) is 5.89 Å². The van der Waals surface area contributed by atoms with Crippen LogP contribution >= 0.6 is 11.8 Å². The van der Waals surface area contributed by atoms with Crippen LogP contribution in [0.5, 0.6) is 0 Å². The van der Waals surface area contributed by atoms with Crippen LogP contribution in [0.2, 0.25) is 0 Å². The minimum absolute atomic E-state index is 0.0409. The molecule has 1 aromatic rings. The van der Waals surface area contributed by atoms with E-state index in [4.69, 9.17) is 9.52 Å². The zero-order chi connectivity index (χ0) is 13.3. The largest absolute Gasteiger partial charge is 0.481 e. The van der Waals surface area contributed by atoms with Gasteiger partial charge in [-0.3, -0.25) is 4.79 Å². The van der Waals surface area contributed by atoms with Crippen molar-refractivity contribution in [2.75, 3.05) is 12.0 Å². The predicted octanol–water partition coefficient (Wildman–Crippen LogP) is 0.526. The van der Waals surface area contributed by atoms with Crippen LogP contribution in [0.25, 0.3) is 0 Å². The second-order valence-electron chi connectivity index (χ2n) is 3.84. The Bertz CT molecular complexity index is 520. The molecule has 0 saturated carbocycles. The highest BCUT2D eigenvalue weighted by molar-refractivity contribution is 7.99. The normalized spacial score (nSPS) is 12.6. The molecule has 0 aromatic carbocycles. The molecule has 0 fully saturated rings. The van der Waals surface area contributed by atoms with Gasteiger partial charge in [-0.25, -0.2) is 8.42 Å². The minimum atomic E-state index is -3.40. The third-order valence-corrected chi connectivity index (χ3v) is 5.00. The smallest absolute Gasteiger partial charge is 0.314 e. The molecule has 0 amide bonds. The van der Waals surface area contributed by atoms with Gasteiger partial charge in [0.25, 0.3) is 5.22 Å². The fourth-order valence-electron chi connectivity index (χ4n) is 0.793. The Morgan fingerprint density at radius 3 is 2.53 bits per heavy atom. The maximum absolute atomic E-state index is 11.5. The molecular formula is C8H12N2O5S2. The number of rotatable bonds is 5. The van der Waals surface area contributed by atoms with Gasteiger partial charge in [0.15, 0.2) is 9.84 Å². The topological polar surface area (TPSA) is 110 Å². The number of hydrogen-bond acceptors (Lipinski definition) is 7. The van der Waals surface area contributed by atoms with Gasteiger partial charge in [0, 0.05) is 6.26 Å². The molecule has 0 atom stereocenters. The molecule has 1 heterocycles. The first-order valence-corrected chi connectivity index (χ1v) is 7.40. The van der Waals surface area contributed by atoms with E-state index in [1.807, 2.05) is 0 Å².